The molecule has 6 heteroatoms. The molecule has 30 heavy (non-hydrogen) atoms. The van der Waals surface area contributed by atoms with E-state index in [0.29, 0.717) is 16.7 Å². The Bertz CT molecular complexity index is 1140. The molecule has 0 amide bonds. The molecule has 0 fully saturated rings. The monoisotopic (exact) mass is 416 g/mol. The minimum atomic E-state index is -2.12. The van der Waals surface area contributed by atoms with Gasteiger partial charge in [0.1, 0.15) is 5.75 Å². The van der Waals surface area contributed by atoms with Gasteiger partial charge in [-0.2, -0.15) is 5.10 Å². The SMILES string of the molecule is CC(C)(C)c1cc(O[SiH](c2ccccc2)c2ccccc2)c2c(C(=O)O)n[nH]c2c1. The number of H-pyrrole nitrogens is 1. The maximum absolute atomic E-state index is 11.8. The number of aromatic carboxylic acids is 1. The second-order valence-electron chi connectivity index (χ2n) is 8.34. The van der Waals surface area contributed by atoms with Crippen molar-refractivity contribution in [2.75, 3.05) is 0 Å². The number of aromatic nitrogens is 2. The van der Waals surface area contributed by atoms with Crippen LogP contribution in [-0.4, -0.2) is 30.3 Å². The van der Waals surface area contributed by atoms with Crippen LogP contribution in [0.1, 0.15) is 36.8 Å². The van der Waals surface area contributed by atoms with Crippen LogP contribution < -0.4 is 14.8 Å². The molecule has 0 radical (unpaired) electrons. The smallest absolute Gasteiger partial charge is 0.357 e. The van der Waals surface area contributed by atoms with Crippen molar-refractivity contribution >= 4 is 36.3 Å². The van der Waals surface area contributed by atoms with E-state index >= 15 is 0 Å². The van der Waals surface area contributed by atoms with Gasteiger partial charge in [0, 0.05) is 0 Å². The number of nitrogens with one attached hydrogen (secondary N) is 1. The highest BCUT2D eigenvalue weighted by Gasteiger charge is 2.26. The van der Waals surface area contributed by atoms with Crippen molar-refractivity contribution in [2.45, 2.75) is 26.2 Å². The fourth-order valence-corrected chi connectivity index (χ4v) is 5.75. The van der Waals surface area contributed by atoms with Crippen LogP contribution in [0.4, 0.5) is 0 Å². The Hall–Kier alpha value is -3.38. The van der Waals surface area contributed by atoms with Crippen molar-refractivity contribution in [3.05, 3.63) is 84.1 Å². The lowest BCUT2D eigenvalue weighted by atomic mass is 9.86. The third kappa shape index (κ3) is 3.86. The van der Waals surface area contributed by atoms with Gasteiger partial charge in [0.25, 0.3) is 9.04 Å². The minimum absolute atomic E-state index is 0.0191. The van der Waals surface area contributed by atoms with E-state index in [1.54, 1.807) is 0 Å². The van der Waals surface area contributed by atoms with Gasteiger partial charge in [-0.1, -0.05) is 81.4 Å². The number of hydrogen-bond donors (Lipinski definition) is 2. The van der Waals surface area contributed by atoms with Crippen molar-refractivity contribution in [1.82, 2.24) is 10.2 Å². The molecule has 3 aromatic carbocycles. The average Bonchev–Trinajstić information content (AvgIpc) is 3.17. The molecule has 0 aliphatic heterocycles. The van der Waals surface area contributed by atoms with E-state index in [0.717, 1.165) is 15.9 Å². The van der Waals surface area contributed by atoms with Gasteiger partial charge >= 0.3 is 5.97 Å². The molecule has 152 valence electrons. The zero-order valence-electron chi connectivity index (χ0n) is 17.2. The molecular weight excluding hydrogens is 392 g/mol. The predicted octanol–water partition coefficient (Wildman–Crippen LogP) is 3.48. The van der Waals surface area contributed by atoms with E-state index in [9.17, 15) is 9.90 Å². The van der Waals surface area contributed by atoms with E-state index in [2.05, 4.69) is 55.2 Å². The molecule has 1 aromatic heterocycles. The highest BCUT2D eigenvalue weighted by Crippen LogP contribution is 2.34. The number of aromatic amines is 1. The van der Waals surface area contributed by atoms with Crippen molar-refractivity contribution < 1.29 is 14.3 Å². The number of carboxylic acids is 1. The molecule has 5 nitrogen and oxygen atoms in total. The molecule has 0 spiro atoms. The van der Waals surface area contributed by atoms with Gasteiger partial charge in [-0.3, -0.25) is 5.10 Å². The van der Waals surface area contributed by atoms with Crippen LogP contribution in [0.2, 0.25) is 0 Å². The lowest BCUT2D eigenvalue weighted by molar-refractivity contribution is 0.0692. The molecule has 0 atom stereocenters. The summed E-state index contributed by atoms with van der Waals surface area (Å²) >= 11 is 0. The summed E-state index contributed by atoms with van der Waals surface area (Å²) in [5.41, 5.74) is 1.58. The molecule has 1 heterocycles. The Kier molecular flexibility index (Phi) is 5.18. The van der Waals surface area contributed by atoms with Crippen molar-refractivity contribution in [1.29, 1.82) is 0 Å². The number of nitrogens with zero attached hydrogens (tertiary/aromatic N) is 1. The Morgan fingerprint density at radius 1 is 0.967 bits per heavy atom. The maximum Gasteiger partial charge on any atom is 0.357 e. The Morgan fingerprint density at radius 2 is 1.53 bits per heavy atom. The van der Waals surface area contributed by atoms with Crippen LogP contribution in [0, 0.1) is 0 Å². The van der Waals surface area contributed by atoms with E-state index in [1.807, 2.05) is 48.5 Å². The normalized spacial score (nSPS) is 11.7. The molecular formula is C24H24N2O3Si. The summed E-state index contributed by atoms with van der Waals surface area (Å²) in [6.45, 7) is 6.36. The van der Waals surface area contributed by atoms with Gasteiger partial charge in [0.05, 0.1) is 10.9 Å². The topological polar surface area (TPSA) is 75.2 Å². The summed E-state index contributed by atoms with van der Waals surface area (Å²) < 4.78 is 6.70. The summed E-state index contributed by atoms with van der Waals surface area (Å²) in [7, 11) is -2.12. The van der Waals surface area contributed by atoms with Gasteiger partial charge in [-0.05, 0) is 33.5 Å². The molecule has 4 rings (SSSR count). The first-order valence-corrected chi connectivity index (χ1v) is 11.5. The van der Waals surface area contributed by atoms with Gasteiger partial charge in [-0.25, -0.2) is 4.79 Å². The molecule has 0 aliphatic carbocycles. The molecule has 2 N–H and O–H groups in total. The first-order valence-electron chi connectivity index (χ1n) is 9.87. The van der Waals surface area contributed by atoms with E-state index in [-0.39, 0.29) is 11.1 Å². The minimum Gasteiger partial charge on any atom is -0.537 e. The fraction of sp³-hybridized carbons (Fsp3) is 0.167. The number of carboxylic acid groups (broad SMARTS) is 1. The van der Waals surface area contributed by atoms with E-state index < -0.39 is 15.0 Å². The standard InChI is InChI=1S/C24H24N2O3Si/c1-24(2,3)16-14-19-21(22(23(27)28)26-25-19)20(15-16)29-30(17-10-6-4-7-11-17)18-12-8-5-9-13-18/h4-15,30H,1-3H3,(H,25,26)(H,27,28). The van der Waals surface area contributed by atoms with Crippen molar-refractivity contribution in [2.24, 2.45) is 0 Å². The van der Waals surface area contributed by atoms with Crippen LogP contribution in [0.3, 0.4) is 0 Å². The molecule has 0 unspecified atom stereocenters. The number of rotatable bonds is 5. The first kappa shape index (κ1) is 19.9. The zero-order valence-corrected chi connectivity index (χ0v) is 18.4. The highest BCUT2D eigenvalue weighted by molar-refractivity contribution is 6.80. The quantitative estimate of drug-likeness (QED) is 0.489. The summed E-state index contributed by atoms with van der Waals surface area (Å²) in [4.78, 5) is 11.8. The third-order valence-electron chi connectivity index (χ3n) is 5.15. The Labute approximate surface area is 177 Å². The Morgan fingerprint density at radius 3 is 2.03 bits per heavy atom. The summed E-state index contributed by atoms with van der Waals surface area (Å²) in [5, 5.41) is 19.3. The third-order valence-corrected chi connectivity index (χ3v) is 7.62. The summed E-state index contributed by atoms with van der Waals surface area (Å²) in [6.07, 6.45) is 0. The van der Waals surface area contributed by atoms with Gasteiger partial charge in [0.15, 0.2) is 5.69 Å². The number of fused-ring (bicyclic) bond motifs is 1. The molecule has 0 bridgehead atoms. The molecule has 0 saturated heterocycles. The van der Waals surface area contributed by atoms with Crippen LogP contribution in [0.15, 0.2) is 72.8 Å². The average molecular weight is 417 g/mol. The van der Waals surface area contributed by atoms with Gasteiger partial charge in [-0.15, -0.1) is 0 Å². The van der Waals surface area contributed by atoms with Crippen molar-refractivity contribution in [3.8, 4) is 5.75 Å². The van der Waals surface area contributed by atoms with Crippen LogP contribution in [-0.2, 0) is 5.41 Å². The van der Waals surface area contributed by atoms with E-state index in [1.165, 1.54) is 0 Å². The highest BCUT2D eigenvalue weighted by atomic mass is 28.3. The van der Waals surface area contributed by atoms with Gasteiger partial charge in [0.2, 0.25) is 0 Å². The molecule has 0 aliphatic rings. The number of hydrogen-bond acceptors (Lipinski definition) is 3. The second kappa shape index (κ2) is 7.80. The number of carbonyl (C=O) groups is 1. The van der Waals surface area contributed by atoms with E-state index in [4.69, 9.17) is 4.43 Å². The number of benzene rings is 3. The lowest BCUT2D eigenvalue weighted by Gasteiger charge is -2.23. The van der Waals surface area contributed by atoms with Crippen molar-refractivity contribution in [3.63, 3.8) is 0 Å². The zero-order chi connectivity index (χ0) is 21.3. The Balaban J connectivity index is 1.91. The first-order chi connectivity index (χ1) is 14.3. The fourth-order valence-electron chi connectivity index (χ4n) is 3.51. The molecule has 0 saturated carbocycles. The van der Waals surface area contributed by atoms with Crippen LogP contribution in [0.25, 0.3) is 10.9 Å². The lowest BCUT2D eigenvalue weighted by Crippen LogP contribution is -2.47. The summed E-state index contributed by atoms with van der Waals surface area (Å²) in [5.74, 6) is -0.514. The van der Waals surface area contributed by atoms with Gasteiger partial charge < -0.3 is 9.53 Å². The van der Waals surface area contributed by atoms with Crippen LogP contribution in [0.5, 0.6) is 5.75 Å². The largest absolute Gasteiger partial charge is 0.537 e. The summed E-state index contributed by atoms with van der Waals surface area (Å²) in [6, 6.07) is 24.2. The van der Waals surface area contributed by atoms with Crippen LogP contribution >= 0.6 is 0 Å². The molecule has 4 aromatic rings. The maximum atomic E-state index is 11.8. The second-order valence-corrected chi connectivity index (χ2v) is 10.7. The predicted molar refractivity (Wildman–Crippen MR) is 122 cm³/mol.